The molecule has 3 aromatic rings. The lowest BCUT2D eigenvalue weighted by molar-refractivity contribution is -0.111. The lowest BCUT2D eigenvalue weighted by Crippen LogP contribution is -2.10. The van der Waals surface area contributed by atoms with Gasteiger partial charge in [0.2, 0.25) is 5.91 Å². The molecule has 0 spiro atoms. The zero-order valence-corrected chi connectivity index (χ0v) is 18.1. The molecule has 32 heavy (non-hydrogen) atoms. The number of rotatable bonds is 6. The fraction of sp³-hybridized carbons (Fsp3) is 0.292. The molecular weight excluding hydrogens is 411 g/mol. The van der Waals surface area contributed by atoms with Crippen molar-refractivity contribution < 1.29 is 18.7 Å². The summed E-state index contributed by atoms with van der Waals surface area (Å²) in [5, 5.41) is 11.2. The summed E-state index contributed by atoms with van der Waals surface area (Å²) in [6.45, 7) is 0.836. The second-order valence-electron chi connectivity index (χ2n) is 7.53. The number of halogens is 1. The number of carbonyl (C=O) groups excluding carboxylic acids is 1. The van der Waals surface area contributed by atoms with Crippen LogP contribution in [0.15, 0.2) is 42.5 Å². The predicted molar refractivity (Wildman–Crippen MR) is 120 cm³/mol. The van der Waals surface area contributed by atoms with Crippen LogP contribution in [0.25, 0.3) is 17.5 Å². The molecule has 7 nitrogen and oxygen atoms in total. The largest absolute Gasteiger partial charge is 0.497 e. The first kappa shape index (κ1) is 21.5. The fourth-order valence-corrected chi connectivity index (χ4v) is 3.75. The molecule has 8 heteroatoms. The molecule has 0 bridgehead atoms. The summed E-state index contributed by atoms with van der Waals surface area (Å²) in [6, 6.07) is 9.86. The van der Waals surface area contributed by atoms with Gasteiger partial charge in [-0.3, -0.25) is 4.79 Å². The molecule has 0 atom stereocenters. The van der Waals surface area contributed by atoms with Crippen molar-refractivity contribution in [2.45, 2.75) is 32.2 Å². The van der Waals surface area contributed by atoms with Crippen molar-refractivity contribution in [3.05, 3.63) is 59.7 Å². The Bertz CT molecular complexity index is 1160. The SMILES string of the molecule is COc1ccc(/C=C/C(=O)Nc2cc(-c3nnc4n3CCCCC4)ccc2F)c(OC)c1. The lowest BCUT2D eigenvalue weighted by Gasteiger charge is -2.10. The highest BCUT2D eigenvalue weighted by atomic mass is 19.1. The van der Waals surface area contributed by atoms with Crippen molar-refractivity contribution in [3.63, 3.8) is 0 Å². The molecule has 0 unspecified atom stereocenters. The maximum atomic E-state index is 14.4. The van der Waals surface area contributed by atoms with Crippen molar-refractivity contribution >= 4 is 17.7 Å². The van der Waals surface area contributed by atoms with Crippen LogP contribution in [-0.4, -0.2) is 34.9 Å². The molecule has 0 aliphatic carbocycles. The van der Waals surface area contributed by atoms with Gasteiger partial charge >= 0.3 is 0 Å². The van der Waals surface area contributed by atoms with E-state index < -0.39 is 11.7 Å². The summed E-state index contributed by atoms with van der Waals surface area (Å²) in [5.41, 5.74) is 1.50. The average Bonchev–Trinajstić information content (AvgIpc) is 3.06. The van der Waals surface area contributed by atoms with Gasteiger partial charge in [0.25, 0.3) is 0 Å². The quantitative estimate of drug-likeness (QED) is 0.577. The maximum Gasteiger partial charge on any atom is 0.248 e. The van der Waals surface area contributed by atoms with Crippen molar-refractivity contribution in [2.24, 2.45) is 0 Å². The molecule has 0 fully saturated rings. The highest BCUT2D eigenvalue weighted by molar-refractivity contribution is 6.02. The normalized spacial score (nSPS) is 13.5. The molecule has 2 aromatic carbocycles. The first-order valence-electron chi connectivity index (χ1n) is 10.5. The zero-order valence-electron chi connectivity index (χ0n) is 18.1. The summed E-state index contributed by atoms with van der Waals surface area (Å²) >= 11 is 0. The summed E-state index contributed by atoms with van der Waals surface area (Å²) in [5.74, 6) is 1.87. The van der Waals surface area contributed by atoms with E-state index in [1.165, 1.54) is 19.3 Å². The molecule has 1 N–H and O–H groups in total. The maximum absolute atomic E-state index is 14.4. The lowest BCUT2D eigenvalue weighted by atomic mass is 10.1. The number of ether oxygens (including phenoxy) is 2. The number of hydrogen-bond donors (Lipinski definition) is 1. The summed E-state index contributed by atoms with van der Waals surface area (Å²) in [4.78, 5) is 12.5. The van der Waals surface area contributed by atoms with E-state index in [9.17, 15) is 9.18 Å². The number of aromatic nitrogens is 3. The fourth-order valence-electron chi connectivity index (χ4n) is 3.75. The molecule has 1 aliphatic rings. The topological polar surface area (TPSA) is 78.3 Å². The highest BCUT2D eigenvalue weighted by Crippen LogP contribution is 2.28. The summed E-state index contributed by atoms with van der Waals surface area (Å²) in [7, 11) is 3.11. The van der Waals surface area contributed by atoms with Crippen molar-refractivity contribution in [1.82, 2.24) is 14.8 Å². The Morgan fingerprint density at radius 1 is 1.09 bits per heavy atom. The summed E-state index contributed by atoms with van der Waals surface area (Å²) in [6.07, 6.45) is 7.13. The number of nitrogens with one attached hydrogen (secondary N) is 1. The van der Waals surface area contributed by atoms with Gasteiger partial charge in [-0.2, -0.15) is 0 Å². The van der Waals surface area contributed by atoms with Crippen molar-refractivity contribution in [3.8, 4) is 22.9 Å². The van der Waals surface area contributed by atoms with Crippen LogP contribution in [0.3, 0.4) is 0 Å². The number of carbonyl (C=O) groups is 1. The number of fused-ring (bicyclic) bond motifs is 1. The van der Waals surface area contributed by atoms with Gasteiger partial charge in [-0.05, 0) is 49.2 Å². The van der Waals surface area contributed by atoms with E-state index in [1.807, 2.05) is 0 Å². The third-order valence-electron chi connectivity index (χ3n) is 5.45. The minimum Gasteiger partial charge on any atom is -0.497 e. The second-order valence-corrected chi connectivity index (χ2v) is 7.53. The minimum absolute atomic E-state index is 0.0878. The van der Waals surface area contributed by atoms with E-state index in [-0.39, 0.29) is 5.69 Å². The van der Waals surface area contributed by atoms with E-state index >= 15 is 0 Å². The Morgan fingerprint density at radius 3 is 2.78 bits per heavy atom. The van der Waals surface area contributed by atoms with Gasteiger partial charge in [0.15, 0.2) is 5.82 Å². The number of amides is 1. The molecule has 1 aliphatic heterocycles. The second kappa shape index (κ2) is 9.64. The van der Waals surface area contributed by atoms with Crippen molar-refractivity contribution in [1.29, 1.82) is 0 Å². The van der Waals surface area contributed by atoms with Gasteiger partial charge < -0.3 is 19.4 Å². The molecule has 4 rings (SSSR count). The van der Waals surface area contributed by atoms with Crippen LogP contribution in [-0.2, 0) is 17.8 Å². The van der Waals surface area contributed by atoms with E-state index in [0.717, 1.165) is 38.1 Å². The van der Waals surface area contributed by atoms with Crippen LogP contribution in [0.2, 0.25) is 0 Å². The standard InChI is InChI=1S/C24H25FN4O3/c1-31-18-10-7-16(21(15-18)32-2)9-12-23(30)26-20-14-17(8-11-19(20)25)24-28-27-22-6-4-3-5-13-29(22)24/h7-12,14-15H,3-6,13H2,1-2H3,(H,26,30)/b12-9+. The third-order valence-corrected chi connectivity index (χ3v) is 5.45. The molecule has 166 valence electrons. The molecule has 0 radical (unpaired) electrons. The van der Waals surface area contributed by atoms with Gasteiger partial charge in [0.1, 0.15) is 23.1 Å². The van der Waals surface area contributed by atoms with E-state index in [1.54, 1.807) is 43.5 Å². The highest BCUT2D eigenvalue weighted by Gasteiger charge is 2.17. The smallest absolute Gasteiger partial charge is 0.248 e. The van der Waals surface area contributed by atoms with Crippen LogP contribution in [0.5, 0.6) is 11.5 Å². The van der Waals surface area contributed by atoms with Crippen LogP contribution in [0.1, 0.15) is 30.7 Å². The van der Waals surface area contributed by atoms with E-state index in [4.69, 9.17) is 9.47 Å². The molecular formula is C24H25FN4O3. The minimum atomic E-state index is -0.520. The number of aryl methyl sites for hydroxylation is 1. The van der Waals surface area contributed by atoms with Crippen LogP contribution in [0, 0.1) is 5.82 Å². The molecule has 1 amide bonds. The average molecular weight is 436 g/mol. The van der Waals surface area contributed by atoms with Crippen LogP contribution in [0.4, 0.5) is 10.1 Å². The summed E-state index contributed by atoms with van der Waals surface area (Å²) < 4.78 is 27.0. The molecule has 0 saturated heterocycles. The Hall–Kier alpha value is -3.68. The van der Waals surface area contributed by atoms with Gasteiger partial charge in [-0.1, -0.05) is 6.42 Å². The first-order chi connectivity index (χ1) is 15.6. The predicted octanol–water partition coefficient (Wildman–Crippen LogP) is 4.48. The van der Waals surface area contributed by atoms with Crippen LogP contribution < -0.4 is 14.8 Å². The first-order valence-corrected chi connectivity index (χ1v) is 10.5. The van der Waals surface area contributed by atoms with Gasteiger partial charge in [-0.15, -0.1) is 10.2 Å². The number of benzene rings is 2. The molecule has 0 saturated carbocycles. The number of methoxy groups -OCH3 is 2. The number of anilines is 1. The van der Waals surface area contributed by atoms with Gasteiger partial charge in [-0.25, -0.2) is 4.39 Å². The molecule has 1 aromatic heterocycles. The third kappa shape index (κ3) is 4.64. The number of hydrogen-bond acceptors (Lipinski definition) is 5. The Morgan fingerprint density at radius 2 is 1.97 bits per heavy atom. The Labute approximate surface area is 185 Å². The molecule has 2 heterocycles. The van der Waals surface area contributed by atoms with E-state index in [2.05, 4.69) is 20.1 Å². The Balaban J connectivity index is 1.53. The van der Waals surface area contributed by atoms with E-state index in [0.29, 0.717) is 28.5 Å². The zero-order chi connectivity index (χ0) is 22.5. The Kier molecular flexibility index (Phi) is 6.49. The number of nitrogens with zero attached hydrogens (tertiary/aromatic N) is 3. The van der Waals surface area contributed by atoms with Gasteiger partial charge in [0, 0.05) is 36.2 Å². The monoisotopic (exact) mass is 436 g/mol. The van der Waals surface area contributed by atoms with Crippen molar-refractivity contribution in [2.75, 3.05) is 19.5 Å². The van der Waals surface area contributed by atoms with Crippen LogP contribution >= 0.6 is 0 Å². The van der Waals surface area contributed by atoms with Gasteiger partial charge in [0.05, 0.1) is 19.9 Å².